The van der Waals surface area contributed by atoms with Crippen LogP contribution in [0.5, 0.6) is 0 Å². The summed E-state index contributed by atoms with van der Waals surface area (Å²) in [4.78, 5) is 13.2. The van der Waals surface area contributed by atoms with Crippen molar-refractivity contribution in [1.82, 2.24) is 10.2 Å². The van der Waals surface area contributed by atoms with Crippen molar-refractivity contribution in [2.24, 2.45) is 5.92 Å². The van der Waals surface area contributed by atoms with Gasteiger partial charge in [0.15, 0.2) is 0 Å². The van der Waals surface area contributed by atoms with Gasteiger partial charge in [0.05, 0.1) is 12.6 Å². The van der Waals surface area contributed by atoms with Crippen LogP contribution in [-0.4, -0.2) is 50.2 Å². The second-order valence-corrected chi connectivity index (χ2v) is 4.16. The number of rotatable bonds is 5. The summed E-state index contributed by atoms with van der Waals surface area (Å²) in [7, 11) is 1.82. The minimum Gasteiger partial charge on any atom is -0.378 e. The highest BCUT2D eigenvalue weighted by Gasteiger charge is 2.23. The maximum atomic E-state index is 11.5. The van der Waals surface area contributed by atoms with Crippen LogP contribution in [0.1, 0.15) is 20.3 Å². The Kier molecular flexibility index (Phi) is 5.05. The van der Waals surface area contributed by atoms with E-state index in [4.69, 9.17) is 4.74 Å². The molecule has 15 heavy (non-hydrogen) atoms. The van der Waals surface area contributed by atoms with Gasteiger partial charge < -0.3 is 15.0 Å². The normalized spacial score (nSPS) is 25.5. The summed E-state index contributed by atoms with van der Waals surface area (Å²) in [6.07, 6.45) is 1.43. The third-order valence-electron chi connectivity index (χ3n) is 3.12. The zero-order valence-electron chi connectivity index (χ0n) is 9.95. The number of ether oxygens (including phenoxy) is 1. The first-order valence-corrected chi connectivity index (χ1v) is 5.71. The van der Waals surface area contributed by atoms with E-state index in [9.17, 15) is 4.79 Å². The molecular weight excluding hydrogens is 192 g/mol. The van der Waals surface area contributed by atoms with Gasteiger partial charge in [-0.05, 0) is 26.2 Å². The van der Waals surface area contributed by atoms with Crippen molar-refractivity contribution in [3.05, 3.63) is 0 Å². The molecule has 4 nitrogen and oxygen atoms in total. The van der Waals surface area contributed by atoms with Gasteiger partial charge in [-0.1, -0.05) is 0 Å². The first-order chi connectivity index (χ1) is 7.15. The molecule has 1 saturated heterocycles. The molecule has 4 heteroatoms. The molecule has 0 aromatic heterocycles. The third-order valence-corrected chi connectivity index (χ3v) is 3.12. The smallest absolute Gasteiger partial charge is 0.236 e. The SMILES string of the molecule is CCN(C)C(=O)CNCC1CCOC1C. The average Bonchev–Trinajstić information content (AvgIpc) is 2.63. The van der Waals surface area contributed by atoms with Gasteiger partial charge in [-0.2, -0.15) is 0 Å². The fraction of sp³-hybridized carbons (Fsp3) is 0.909. The number of nitrogens with zero attached hydrogens (tertiary/aromatic N) is 1. The van der Waals surface area contributed by atoms with Crippen molar-refractivity contribution in [1.29, 1.82) is 0 Å². The van der Waals surface area contributed by atoms with Crippen LogP contribution in [0.3, 0.4) is 0 Å². The fourth-order valence-electron chi connectivity index (χ4n) is 1.72. The molecule has 0 radical (unpaired) electrons. The molecule has 0 aromatic rings. The Hall–Kier alpha value is -0.610. The lowest BCUT2D eigenvalue weighted by atomic mass is 10.0. The molecule has 0 bridgehead atoms. The first-order valence-electron chi connectivity index (χ1n) is 5.71. The maximum Gasteiger partial charge on any atom is 0.236 e. The summed E-state index contributed by atoms with van der Waals surface area (Å²) in [6.45, 7) is 7.02. The average molecular weight is 214 g/mol. The minimum atomic E-state index is 0.157. The number of carbonyl (C=O) groups is 1. The number of hydrogen-bond acceptors (Lipinski definition) is 3. The summed E-state index contributed by atoms with van der Waals surface area (Å²) >= 11 is 0. The Morgan fingerprint density at radius 2 is 2.33 bits per heavy atom. The molecule has 0 aromatic carbocycles. The van der Waals surface area contributed by atoms with Crippen LogP contribution < -0.4 is 5.32 Å². The lowest BCUT2D eigenvalue weighted by Crippen LogP contribution is -2.38. The van der Waals surface area contributed by atoms with Crippen LogP contribution in [0.15, 0.2) is 0 Å². The quantitative estimate of drug-likeness (QED) is 0.724. The standard InChI is InChI=1S/C11H22N2O2/c1-4-13(3)11(14)8-12-7-10-5-6-15-9(10)2/h9-10,12H,4-8H2,1-3H3. The molecule has 0 saturated carbocycles. The third kappa shape index (κ3) is 3.80. The van der Waals surface area contributed by atoms with E-state index in [2.05, 4.69) is 12.2 Å². The molecule has 1 aliphatic heterocycles. The molecule has 0 spiro atoms. The molecule has 1 N–H and O–H groups in total. The van der Waals surface area contributed by atoms with E-state index in [0.717, 1.165) is 26.1 Å². The summed E-state index contributed by atoms with van der Waals surface area (Å²) in [5, 5.41) is 3.20. The van der Waals surface area contributed by atoms with Crippen molar-refractivity contribution in [3.63, 3.8) is 0 Å². The van der Waals surface area contributed by atoms with E-state index in [1.54, 1.807) is 4.90 Å². The van der Waals surface area contributed by atoms with Crippen LogP contribution in [-0.2, 0) is 9.53 Å². The van der Waals surface area contributed by atoms with Crippen molar-refractivity contribution in [3.8, 4) is 0 Å². The maximum absolute atomic E-state index is 11.5. The van der Waals surface area contributed by atoms with E-state index in [-0.39, 0.29) is 5.91 Å². The molecular formula is C11H22N2O2. The largest absolute Gasteiger partial charge is 0.378 e. The fourth-order valence-corrected chi connectivity index (χ4v) is 1.72. The molecule has 88 valence electrons. The zero-order chi connectivity index (χ0) is 11.3. The lowest BCUT2D eigenvalue weighted by Gasteiger charge is -2.17. The predicted molar refractivity (Wildman–Crippen MR) is 59.7 cm³/mol. The monoisotopic (exact) mass is 214 g/mol. The van der Waals surface area contributed by atoms with E-state index in [1.807, 2.05) is 14.0 Å². The molecule has 1 aliphatic rings. The molecule has 2 atom stereocenters. The Bertz CT molecular complexity index is 209. The Balaban J connectivity index is 2.13. The highest BCUT2D eigenvalue weighted by molar-refractivity contribution is 5.77. The molecule has 1 heterocycles. The first kappa shape index (κ1) is 12.5. The zero-order valence-corrected chi connectivity index (χ0v) is 9.95. The minimum absolute atomic E-state index is 0.157. The highest BCUT2D eigenvalue weighted by atomic mass is 16.5. The number of likely N-dealkylation sites (N-methyl/N-ethyl adjacent to an activating group) is 1. The second kappa shape index (κ2) is 6.08. The lowest BCUT2D eigenvalue weighted by molar-refractivity contribution is -0.128. The topological polar surface area (TPSA) is 41.6 Å². The van der Waals surface area contributed by atoms with Gasteiger partial charge in [0.1, 0.15) is 0 Å². The molecule has 2 unspecified atom stereocenters. The van der Waals surface area contributed by atoms with Crippen molar-refractivity contribution in [2.75, 3.05) is 33.3 Å². The Morgan fingerprint density at radius 1 is 1.60 bits per heavy atom. The van der Waals surface area contributed by atoms with Crippen molar-refractivity contribution < 1.29 is 9.53 Å². The summed E-state index contributed by atoms with van der Waals surface area (Å²) in [6, 6.07) is 0. The van der Waals surface area contributed by atoms with Gasteiger partial charge in [-0.3, -0.25) is 4.79 Å². The van der Waals surface area contributed by atoms with Gasteiger partial charge in [-0.25, -0.2) is 0 Å². The van der Waals surface area contributed by atoms with Crippen LogP contribution in [0.2, 0.25) is 0 Å². The summed E-state index contributed by atoms with van der Waals surface area (Å²) < 4.78 is 5.46. The van der Waals surface area contributed by atoms with E-state index < -0.39 is 0 Å². The number of hydrogen-bond donors (Lipinski definition) is 1. The van der Waals surface area contributed by atoms with Crippen LogP contribution in [0, 0.1) is 5.92 Å². The second-order valence-electron chi connectivity index (χ2n) is 4.16. The van der Waals surface area contributed by atoms with Gasteiger partial charge in [-0.15, -0.1) is 0 Å². The predicted octanol–water partition coefficient (Wildman–Crippen LogP) is 0.479. The number of amides is 1. The van der Waals surface area contributed by atoms with Crippen LogP contribution in [0.25, 0.3) is 0 Å². The van der Waals surface area contributed by atoms with Gasteiger partial charge in [0.2, 0.25) is 5.91 Å². The highest BCUT2D eigenvalue weighted by Crippen LogP contribution is 2.18. The van der Waals surface area contributed by atoms with Crippen molar-refractivity contribution >= 4 is 5.91 Å². The molecule has 0 aliphatic carbocycles. The van der Waals surface area contributed by atoms with E-state index in [1.165, 1.54) is 0 Å². The van der Waals surface area contributed by atoms with E-state index >= 15 is 0 Å². The summed E-state index contributed by atoms with van der Waals surface area (Å²) in [5.74, 6) is 0.716. The van der Waals surface area contributed by atoms with Gasteiger partial charge in [0, 0.05) is 26.7 Å². The molecule has 1 fully saturated rings. The summed E-state index contributed by atoms with van der Waals surface area (Å²) in [5.41, 5.74) is 0. The Morgan fingerprint density at radius 3 is 2.87 bits per heavy atom. The number of carbonyl (C=O) groups excluding carboxylic acids is 1. The van der Waals surface area contributed by atoms with Gasteiger partial charge >= 0.3 is 0 Å². The van der Waals surface area contributed by atoms with Gasteiger partial charge in [0.25, 0.3) is 0 Å². The van der Waals surface area contributed by atoms with Crippen molar-refractivity contribution in [2.45, 2.75) is 26.4 Å². The molecule has 1 amide bonds. The van der Waals surface area contributed by atoms with E-state index in [0.29, 0.717) is 18.6 Å². The van der Waals surface area contributed by atoms with Crippen LogP contribution in [0.4, 0.5) is 0 Å². The van der Waals surface area contributed by atoms with Crippen LogP contribution >= 0.6 is 0 Å². The molecule has 1 rings (SSSR count). The Labute approximate surface area is 92.0 Å². The number of nitrogens with one attached hydrogen (secondary N) is 1.